The molecule has 17 heavy (non-hydrogen) atoms. The zero-order valence-corrected chi connectivity index (χ0v) is 10.3. The van der Waals surface area contributed by atoms with Crippen LogP contribution >= 0.6 is 0 Å². The van der Waals surface area contributed by atoms with Crippen LogP contribution in [0.15, 0.2) is 11.0 Å². The minimum atomic E-state index is -0.0636. The number of nitrogens with one attached hydrogen (secondary N) is 1. The van der Waals surface area contributed by atoms with Crippen molar-refractivity contribution in [3.63, 3.8) is 0 Å². The number of aromatic amines is 1. The second kappa shape index (κ2) is 3.72. The molecular formula is C13H17N3O. The summed E-state index contributed by atoms with van der Waals surface area (Å²) in [6, 6.07) is 0. The van der Waals surface area contributed by atoms with E-state index in [0.29, 0.717) is 5.92 Å². The van der Waals surface area contributed by atoms with Crippen molar-refractivity contribution in [2.75, 3.05) is 0 Å². The maximum absolute atomic E-state index is 11.8. The van der Waals surface area contributed by atoms with Crippen molar-refractivity contribution in [2.24, 2.45) is 0 Å². The van der Waals surface area contributed by atoms with E-state index >= 15 is 0 Å². The maximum Gasteiger partial charge on any atom is 0.273 e. The summed E-state index contributed by atoms with van der Waals surface area (Å²) in [5.74, 6) is 0.336. The zero-order chi connectivity index (χ0) is 12.0. The van der Waals surface area contributed by atoms with E-state index in [0.717, 1.165) is 29.4 Å². The quantitative estimate of drug-likeness (QED) is 0.817. The van der Waals surface area contributed by atoms with Gasteiger partial charge in [0.05, 0.1) is 11.1 Å². The lowest BCUT2D eigenvalue weighted by Gasteiger charge is -2.16. The molecule has 0 spiro atoms. The Labute approximate surface area is 99.7 Å². The summed E-state index contributed by atoms with van der Waals surface area (Å²) in [4.78, 5) is 11.8. The van der Waals surface area contributed by atoms with Gasteiger partial charge in [-0.1, -0.05) is 13.8 Å². The van der Waals surface area contributed by atoms with E-state index in [1.807, 2.05) is 6.20 Å². The third kappa shape index (κ3) is 1.51. The summed E-state index contributed by atoms with van der Waals surface area (Å²) in [6.07, 6.45) is 5.48. The second-order valence-electron chi connectivity index (χ2n) is 5.11. The average molecular weight is 231 g/mol. The summed E-state index contributed by atoms with van der Waals surface area (Å²) in [7, 11) is 0. The Kier molecular flexibility index (Phi) is 2.31. The Hall–Kier alpha value is -1.58. The van der Waals surface area contributed by atoms with Crippen LogP contribution in [0.1, 0.15) is 44.0 Å². The summed E-state index contributed by atoms with van der Waals surface area (Å²) in [6.45, 7) is 5.26. The molecule has 0 saturated carbocycles. The molecular weight excluding hydrogens is 214 g/mol. The molecule has 2 aromatic rings. The predicted molar refractivity (Wildman–Crippen MR) is 67.4 cm³/mol. The summed E-state index contributed by atoms with van der Waals surface area (Å²) in [5, 5.41) is 8.76. The second-order valence-corrected chi connectivity index (χ2v) is 5.11. The van der Waals surface area contributed by atoms with Crippen molar-refractivity contribution in [2.45, 2.75) is 45.6 Å². The third-order valence-electron chi connectivity index (χ3n) is 3.58. The highest BCUT2D eigenvalue weighted by atomic mass is 16.1. The molecule has 4 nitrogen and oxygen atoms in total. The molecule has 0 unspecified atom stereocenters. The van der Waals surface area contributed by atoms with Gasteiger partial charge in [-0.25, -0.2) is 5.10 Å². The van der Waals surface area contributed by atoms with E-state index in [-0.39, 0.29) is 5.56 Å². The van der Waals surface area contributed by atoms with Gasteiger partial charge in [0.2, 0.25) is 0 Å². The average Bonchev–Trinajstić information content (AvgIpc) is 2.69. The van der Waals surface area contributed by atoms with Gasteiger partial charge in [-0.15, -0.1) is 0 Å². The van der Waals surface area contributed by atoms with Crippen molar-refractivity contribution < 1.29 is 0 Å². The van der Waals surface area contributed by atoms with Crippen molar-refractivity contribution >= 4 is 10.8 Å². The number of nitrogens with zero attached hydrogens (tertiary/aromatic N) is 2. The molecule has 1 N–H and O–H groups in total. The summed E-state index contributed by atoms with van der Waals surface area (Å²) >= 11 is 0. The van der Waals surface area contributed by atoms with Crippen molar-refractivity contribution in [3.05, 3.63) is 27.9 Å². The van der Waals surface area contributed by atoms with Crippen LogP contribution in [-0.4, -0.2) is 14.8 Å². The normalized spacial score (nSPS) is 15.5. The molecule has 0 atom stereocenters. The highest BCUT2D eigenvalue weighted by Crippen LogP contribution is 2.29. The number of aryl methyl sites for hydroxylation is 2. The molecule has 1 aliphatic heterocycles. The summed E-state index contributed by atoms with van der Waals surface area (Å²) in [5.41, 5.74) is 2.26. The standard InChI is InChI=1S/C13H17N3O/c1-8(2)12-11-9(13(17)15-14-12)7-16-6-4-3-5-10(11)16/h7-8H,3-6H2,1-2H3,(H,15,17). The number of fused-ring (bicyclic) bond motifs is 3. The SMILES string of the molecule is CC(C)c1n[nH]c(=O)c2cn3c(c12)CCCC3. The lowest BCUT2D eigenvalue weighted by molar-refractivity contribution is 0.536. The Bertz CT molecular complexity index is 621. The van der Waals surface area contributed by atoms with Crippen LogP contribution in [0.5, 0.6) is 0 Å². The zero-order valence-electron chi connectivity index (χ0n) is 10.3. The van der Waals surface area contributed by atoms with Gasteiger partial charge in [-0.3, -0.25) is 4.79 Å². The van der Waals surface area contributed by atoms with Gasteiger partial charge in [-0.05, 0) is 25.2 Å². The van der Waals surface area contributed by atoms with Crippen LogP contribution < -0.4 is 5.56 Å². The van der Waals surface area contributed by atoms with Gasteiger partial charge < -0.3 is 4.57 Å². The van der Waals surface area contributed by atoms with E-state index in [2.05, 4.69) is 28.6 Å². The third-order valence-corrected chi connectivity index (χ3v) is 3.58. The van der Waals surface area contributed by atoms with E-state index in [9.17, 15) is 4.79 Å². The van der Waals surface area contributed by atoms with Gasteiger partial charge in [0.15, 0.2) is 0 Å². The van der Waals surface area contributed by atoms with Crippen molar-refractivity contribution in [3.8, 4) is 0 Å². The van der Waals surface area contributed by atoms with Crippen LogP contribution in [0.3, 0.4) is 0 Å². The van der Waals surface area contributed by atoms with Gasteiger partial charge in [0.1, 0.15) is 0 Å². The van der Waals surface area contributed by atoms with E-state index in [4.69, 9.17) is 0 Å². The molecule has 4 heteroatoms. The van der Waals surface area contributed by atoms with E-state index in [1.165, 1.54) is 18.5 Å². The molecule has 2 aromatic heterocycles. The first-order valence-electron chi connectivity index (χ1n) is 6.28. The number of aromatic nitrogens is 3. The summed E-state index contributed by atoms with van der Waals surface area (Å²) < 4.78 is 2.23. The highest BCUT2D eigenvalue weighted by molar-refractivity contribution is 5.87. The molecule has 0 radical (unpaired) electrons. The molecule has 0 bridgehead atoms. The molecule has 0 aromatic carbocycles. The fraction of sp³-hybridized carbons (Fsp3) is 0.538. The Morgan fingerprint density at radius 2 is 2.24 bits per heavy atom. The molecule has 90 valence electrons. The predicted octanol–water partition coefficient (Wildman–Crippen LogP) is 2.18. The van der Waals surface area contributed by atoms with Gasteiger partial charge in [-0.2, -0.15) is 5.10 Å². The number of H-pyrrole nitrogens is 1. The van der Waals surface area contributed by atoms with Crippen LogP contribution in [0.4, 0.5) is 0 Å². The van der Waals surface area contributed by atoms with E-state index in [1.54, 1.807) is 0 Å². The van der Waals surface area contributed by atoms with E-state index < -0.39 is 0 Å². The van der Waals surface area contributed by atoms with Crippen molar-refractivity contribution in [1.82, 2.24) is 14.8 Å². The van der Waals surface area contributed by atoms with Crippen LogP contribution in [0.2, 0.25) is 0 Å². The minimum absolute atomic E-state index is 0.0636. The number of hydrogen-bond donors (Lipinski definition) is 1. The van der Waals surface area contributed by atoms with Crippen LogP contribution in [0.25, 0.3) is 10.8 Å². The molecule has 0 saturated heterocycles. The minimum Gasteiger partial charge on any atom is -0.350 e. The fourth-order valence-corrected chi connectivity index (χ4v) is 2.74. The molecule has 3 rings (SSSR count). The molecule has 1 aliphatic rings. The van der Waals surface area contributed by atoms with Gasteiger partial charge in [0.25, 0.3) is 5.56 Å². The molecule has 0 aliphatic carbocycles. The fourth-order valence-electron chi connectivity index (χ4n) is 2.74. The smallest absolute Gasteiger partial charge is 0.273 e. The van der Waals surface area contributed by atoms with Crippen LogP contribution in [-0.2, 0) is 13.0 Å². The number of hydrogen-bond acceptors (Lipinski definition) is 2. The lowest BCUT2D eigenvalue weighted by Crippen LogP contribution is -2.12. The Balaban J connectivity index is 2.41. The highest BCUT2D eigenvalue weighted by Gasteiger charge is 2.20. The number of rotatable bonds is 1. The van der Waals surface area contributed by atoms with Gasteiger partial charge >= 0.3 is 0 Å². The lowest BCUT2D eigenvalue weighted by atomic mass is 10.0. The Morgan fingerprint density at radius 1 is 1.41 bits per heavy atom. The first kappa shape index (κ1) is 10.6. The molecule has 3 heterocycles. The maximum atomic E-state index is 11.8. The molecule has 0 amide bonds. The first-order chi connectivity index (χ1) is 8.18. The molecule has 0 fully saturated rings. The first-order valence-corrected chi connectivity index (χ1v) is 6.28. The largest absolute Gasteiger partial charge is 0.350 e. The van der Waals surface area contributed by atoms with Crippen molar-refractivity contribution in [1.29, 1.82) is 0 Å². The monoisotopic (exact) mass is 231 g/mol. The van der Waals surface area contributed by atoms with Crippen LogP contribution in [0, 0.1) is 0 Å². The topological polar surface area (TPSA) is 50.7 Å². The van der Waals surface area contributed by atoms with Gasteiger partial charge in [0, 0.05) is 23.8 Å². The Morgan fingerprint density at radius 3 is 3.00 bits per heavy atom.